The summed E-state index contributed by atoms with van der Waals surface area (Å²) in [5.41, 5.74) is 3.11. The number of ether oxygens (including phenoxy) is 1. The van der Waals surface area contributed by atoms with E-state index in [2.05, 4.69) is 15.1 Å². The second kappa shape index (κ2) is 10.3. The Morgan fingerprint density at radius 2 is 1.88 bits per heavy atom. The number of carbonyl (C=O) groups excluding carboxylic acids is 1. The van der Waals surface area contributed by atoms with Crippen LogP contribution in [0.25, 0.3) is 5.69 Å². The van der Waals surface area contributed by atoms with E-state index in [0.29, 0.717) is 6.54 Å². The molecule has 2 N–H and O–H groups in total. The predicted octanol–water partition coefficient (Wildman–Crippen LogP) is 2.60. The van der Waals surface area contributed by atoms with Gasteiger partial charge in [-0.3, -0.25) is 4.90 Å². The third-order valence-corrected chi connectivity index (χ3v) is 7.00. The summed E-state index contributed by atoms with van der Waals surface area (Å²) in [7, 11) is -2.11. The number of sulfonamides is 1. The summed E-state index contributed by atoms with van der Waals surface area (Å²) in [5, 5.41) is 7.29. The van der Waals surface area contributed by atoms with Gasteiger partial charge in [0, 0.05) is 26.7 Å². The Morgan fingerprint density at radius 1 is 1.15 bits per heavy atom. The lowest BCUT2D eigenvalue weighted by Crippen LogP contribution is -2.42. The van der Waals surface area contributed by atoms with Gasteiger partial charge in [-0.05, 0) is 54.8 Å². The Balaban J connectivity index is 1.40. The molecular formula is C23H26FN5O4S. The number of hydrogen-bond donors (Lipinski definition) is 2. The van der Waals surface area contributed by atoms with E-state index in [9.17, 15) is 17.6 Å². The Hall–Kier alpha value is -3.28. The molecule has 2 heterocycles. The number of methoxy groups -OCH3 is 1. The molecule has 180 valence electrons. The Morgan fingerprint density at radius 3 is 2.59 bits per heavy atom. The van der Waals surface area contributed by atoms with Gasteiger partial charge in [-0.25, -0.2) is 27.0 Å². The number of hydrogen-bond acceptors (Lipinski definition) is 5. The van der Waals surface area contributed by atoms with Gasteiger partial charge >= 0.3 is 6.03 Å². The maximum absolute atomic E-state index is 13.3. The summed E-state index contributed by atoms with van der Waals surface area (Å²) in [6.07, 6.45) is 3.18. The molecule has 0 saturated carbocycles. The van der Waals surface area contributed by atoms with Crippen LogP contribution < -0.4 is 14.9 Å². The number of halogens is 1. The number of benzene rings is 2. The fraction of sp³-hybridized carbons (Fsp3) is 0.304. The second-order valence-corrected chi connectivity index (χ2v) is 9.58. The summed E-state index contributed by atoms with van der Waals surface area (Å²) in [5.74, 6) is -0.321. The first-order valence-corrected chi connectivity index (χ1v) is 12.3. The molecule has 0 bridgehead atoms. The molecule has 0 spiro atoms. The van der Waals surface area contributed by atoms with Gasteiger partial charge in [0.25, 0.3) is 0 Å². The topological polar surface area (TPSA) is 106 Å². The first-order chi connectivity index (χ1) is 16.4. The molecule has 0 radical (unpaired) electrons. The fourth-order valence-electron chi connectivity index (χ4n) is 3.79. The van der Waals surface area contributed by atoms with Gasteiger partial charge in [-0.15, -0.1) is 0 Å². The maximum atomic E-state index is 13.3. The number of carbonyl (C=O) groups is 1. The molecule has 0 saturated heterocycles. The zero-order chi connectivity index (χ0) is 24.1. The number of anilines is 1. The average Bonchev–Trinajstić information content (AvgIpc) is 3.28. The van der Waals surface area contributed by atoms with Crippen molar-refractivity contribution in [2.75, 3.05) is 31.7 Å². The van der Waals surface area contributed by atoms with Crippen molar-refractivity contribution in [1.29, 1.82) is 0 Å². The van der Waals surface area contributed by atoms with Gasteiger partial charge in [0.15, 0.2) is 0 Å². The lowest BCUT2D eigenvalue weighted by atomic mass is 10.1. The monoisotopic (exact) mass is 487 g/mol. The van der Waals surface area contributed by atoms with E-state index in [0.717, 1.165) is 35.5 Å². The molecule has 2 aromatic carbocycles. The van der Waals surface area contributed by atoms with E-state index >= 15 is 0 Å². The molecule has 3 aromatic rings. The Kier molecular flexibility index (Phi) is 7.25. The number of rotatable bonds is 8. The molecule has 0 fully saturated rings. The molecular weight excluding hydrogens is 461 g/mol. The van der Waals surface area contributed by atoms with Crippen molar-refractivity contribution in [1.82, 2.24) is 19.8 Å². The third kappa shape index (κ3) is 5.27. The van der Waals surface area contributed by atoms with Crippen molar-refractivity contribution in [2.24, 2.45) is 0 Å². The zero-order valence-electron chi connectivity index (χ0n) is 18.7. The summed E-state index contributed by atoms with van der Waals surface area (Å²) in [6.45, 7) is 1.27. The highest BCUT2D eigenvalue weighted by Gasteiger charge is 2.26. The van der Waals surface area contributed by atoms with Crippen LogP contribution in [-0.4, -0.2) is 51.0 Å². The normalized spacial score (nSPS) is 13.5. The van der Waals surface area contributed by atoms with Crippen molar-refractivity contribution < 1.29 is 22.3 Å². The fourth-order valence-corrected chi connectivity index (χ4v) is 4.80. The Labute approximate surface area is 197 Å². The largest absolute Gasteiger partial charge is 0.383 e. The van der Waals surface area contributed by atoms with Crippen LogP contribution in [0.5, 0.6) is 0 Å². The van der Waals surface area contributed by atoms with Gasteiger partial charge in [0.1, 0.15) is 5.82 Å². The van der Waals surface area contributed by atoms with Crippen LogP contribution in [0.4, 0.5) is 14.9 Å². The number of amides is 2. The predicted molar refractivity (Wildman–Crippen MR) is 125 cm³/mol. The lowest BCUT2D eigenvalue weighted by molar-refractivity contribution is 0.204. The number of urea groups is 1. The summed E-state index contributed by atoms with van der Waals surface area (Å²) in [6, 6.07) is 12.1. The van der Waals surface area contributed by atoms with Gasteiger partial charge in [-0.2, -0.15) is 5.10 Å². The molecule has 0 aliphatic carbocycles. The molecule has 0 atom stereocenters. The molecule has 9 nitrogen and oxygen atoms in total. The van der Waals surface area contributed by atoms with Crippen LogP contribution in [0.2, 0.25) is 0 Å². The van der Waals surface area contributed by atoms with E-state index in [-0.39, 0.29) is 36.4 Å². The number of fused-ring (bicyclic) bond motifs is 1. The summed E-state index contributed by atoms with van der Waals surface area (Å²) >= 11 is 0. The van der Waals surface area contributed by atoms with Gasteiger partial charge in [0.05, 0.1) is 34.8 Å². The SMILES string of the molecule is COCCNS(=O)(=O)c1ccc(CNC(=O)N2CCCc3c2cnn3-c2ccc(F)cc2)cc1. The van der Waals surface area contributed by atoms with Crippen molar-refractivity contribution in [3.63, 3.8) is 0 Å². The lowest BCUT2D eigenvalue weighted by Gasteiger charge is -2.27. The summed E-state index contributed by atoms with van der Waals surface area (Å²) in [4.78, 5) is 14.7. The van der Waals surface area contributed by atoms with E-state index in [1.807, 2.05) is 0 Å². The molecule has 1 aromatic heterocycles. The van der Waals surface area contributed by atoms with Crippen molar-refractivity contribution in [3.05, 3.63) is 71.8 Å². The number of nitrogens with zero attached hydrogens (tertiary/aromatic N) is 3. The molecule has 1 aliphatic heterocycles. The van der Waals surface area contributed by atoms with Gasteiger partial charge < -0.3 is 10.1 Å². The third-order valence-electron chi connectivity index (χ3n) is 5.52. The highest BCUT2D eigenvalue weighted by atomic mass is 32.2. The smallest absolute Gasteiger partial charge is 0.322 e. The Bertz CT molecular complexity index is 1240. The van der Waals surface area contributed by atoms with Crippen LogP contribution in [0, 0.1) is 5.82 Å². The van der Waals surface area contributed by atoms with Crippen molar-refractivity contribution >= 4 is 21.7 Å². The molecule has 2 amide bonds. The molecule has 0 unspecified atom stereocenters. The molecule has 1 aliphatic rings. The minimum atomic E-state index is -3.61. The number of nitrogens with one attached hydrogen (secondary N) is 2. The van der Waals surface area contributed by atoms with Crippen molar-refractivity contribution in [3.8, 4) is 5.69 Å². The minimum absolute atomic E-state index is 0.146. The number of aromatic nitrogens is 2. The quantitative estimate of drug-likeness (QED) is 0.475. The van der Waals surface area contributed by atoms with Gasteiger partial charge in [0.2, 0.25) is 10.0 Å². The van der Waals surface area contributed by atoms with Crippen LogP contribution >= 0.6 is 0 Å². The second-order valence-electron chi connectivity index (χ2n) is 7.81. The highest BCUT2D eigenvalue weighted by Crippen LogP contribution is 2.29. The molecule has 4 rings (SSSR count). The summed E-state index contributed by atoms with van der Waals surface area (Å²) < 4.78 is 46.8. The standard InChI is InChI=1S/C23H26FN5O4S/c1-33-14-12-27-34(31,32)20-10-4-17(5-11-20)15-25-23(30)28-13-2-3-21-22(28)16-26-29(21)19-8-6-18(24)7-9-19/h4-11,16,27H,2-3,12-15H2,1H3,(H,25,30). The van der Waals surface area contributed by atoms with E-state index in [1.165, 1.54) is 31.4 Å². The zero-order valence-corrected chi connectivity index (χ0v) is 19.5. The van der Waals surface area contributed by atoms with E-state index < -0.39 is 10.0 Å². The van der Waals surface area contributed by atoms with Crippen LogP contribution in [0.3, 0.4) is 0 Å². The molecule has 34 heavy (non-hydrogen) atoms. The highest BCUT2D eigenvalue weighted by molar-refractivity contribution is 7.89. The average molecular weight is 488 g/mol. The van der Waals surface area contributed by atoms with Crippen LogP contribution in [0.1, 0.15) is 17.7 Å². The van der Waals surface area contributed by atoms with E-state index in [1.54, 1.807) is 40.0 Å². The van der Waals surface area contributed by atoms with Gasteiger partial charge in [-0.1, -0.05) is 12.1 Å². The first kappa shape index (κ1) is 23.9. The minimum Gasteiger partial charge on any atom is -0.383 e. The maximum Gasteiger partial charge on any atom is 0.322 e. The molecule has 11 heteroatoms. The van der Waals surface area contributed by atoms with Crippen LogP contribution in [-0.2, 0) is 27.7 Å². The van der Waals surface area contributed by atoms with Crippen molar-refractivity contribution in [2.45, 2.75) is 24.3 Å². The first-order valence-electron chi connectivity index (χ1n) is 10.8. The van der Waals surface area contributed by atoms with E-state index in [4.69, 9.17) is 4.74 Å². The van der Waals surface area contributed by atoms with Crippen LogP contribution in [0.15, 0.2) is 59.6 Å².